The van der Waals surface area contributed by atoms with E-state index in [2.05, 4.69) is 63.2 Å². The predicted molar refractivity (Wildman–Crippen MR) is 350 cm³/mol. The van der Waals surface area contributed by atoms with Crippen molar-refractivity contribution in [1.82, 2.24) is 67.4 Å². The number of benzene rings is 2. The first-order valence-electron chi connectivity index (χ1n) is 32.2. The maximum Gasteiger partial charge on any atom is 0.315 e. The topological polar surface area (TPSA) is 453 Å². The van der Waals surface area contributed by atoms with Gasteiger partial charge in [0.05, 0.1) is 63.5 Å². The molecule has 10 atom stereocenters. The van der Waals surface area contributed by atoms with Crippen LogP contribution in [-0.4, -0.2) is 208 Å². The van der Waals surface area contributed by atoms with Gasteiger partial charge in [0, 0.05) is 92.6 Å². The van der Waals surface area contributed by atoms with E-state index in [4.69, 9.17) is 31.4 Å². The molecule has 3 aliphatic rings. The molecular weight excluding hydrogens is 1250 g/mol. The number of carbonyl (C=O) groups is 10. The van der Waals surface area contributed by atoms with E-state index in [9.17, 15) is 53.1 Å². The van der Waals surface area contributed by atoms with Crippen LogP contribution < -0.4 is 65.1 Å². The predicted octanol–water partition coefficient (Wildman–Crippen LogP) is -2.09. The lowest BCUT2D eigenvalue weighted by Crippen LogP contribution is -2.58. The van der Waals surface area contributed by atoms with Crippen molar-refractivity contribution in [2.75, 3.05) is 65.1 Å². The normalized spacial score (nSPS) is 23.5. The maximum atomic E-state index is 14.9. The molecule has 4 aromatic rings. The van der Waals surface area contributed by atoms with Crippen LogP contribution in [0.1, 0.15) is 88.0 Å². The summed E-state index contributed by atoms with van der Waals surface area (Å²) in [6.45, 7) is 1.47. The molecule has 32 heteroatoms. The van der Waals surface area contributed by atoms with E-state index in [-0.39, 0.29) is 120 Å². The van der Waals surface area contributed by atoms with E-state index < -0.39 is 109 Å². The van der Waals surface area contributed by atoms with Crippen molar-refractivity contribution < 1.29 is 67.3 Å². The molecule has 0 spiro atoms. The number of aryl methyl sites for hydroxylation is 2. The van der Waals surface area contributed by atoms with E-state index in [1.54, 1.807) is 42.7 Å². The van der Waals surface area contributed by atoms with Gasteiger partial charge in [-0.25, -0.2) is 4.79 Å². The fourth-order valence-corrected chi connectivity index (χ4v) is 13.0. The molecule has 5 heterocycles. The Kier molecular flexibility index (Phi) is 29.5. The Morgan fingerprint density at radius 3 is 2.20 bits per heavy atom. The number of aliphatic hydroxyl groups is 1. The van der Waals surface area contributed by atoms with Crippen molar-refractivity contribution in [2.45, 2.75) is 151 Å². The minimum atomic E-state index is -1.61. The second-order valence-electron chi connectivity index (χ2n) is 23.8. The number of fused-ring (bicyclic) bond motifs is 4. The summed E-state index contributed by atoms with van der Waals surface area (Å²) in [6, 6.07) is 8.23. The highest BCUT2D eigenvalue weighted by molar-refractivity contribution is 8.00. The molecule has 2 aromatic carbocycles. The number of primary amides is 1. The van der Waals surface area contributed by atoms with E-state index in [0.717, 1.165) is 35.9 Å². The van der Waals surface area contributed by atoms with Gasteiger partial charge < -0.3 is 88.9 Å². The van der Waals surface area contributed by atoms with Gasteiger partial charge in [0.2, 0.25) is 47.3 Å². The number of nitrogens with one attached hydrogen (secondary N) is 9. The molecule has 2 saturated heterocycles. The number of Topliss-reactive ketones (excluding diaryl/α,β-unsaturated/α-hetero) is 1. The summed E-state index contributed by atoms with van der Waals surface area (Å²) in [4.78, 5) is 141. The van der Waals surface area contributed by atoms with Gasteiger partial charge in [0.15, 0.2) is 11.7 Å². The molecule has 3 aliphatic heterocycles. The number of nitrogens with zero attached hydrogens (tertiary/aromatic N) is 5. The van der Waals surface area contributed by atoms with Gasteiger partial charge in [-0.2, -0.15) is 11.8 Å². The molecule has 0 saturated carbocycles. The van der Waals surface area contributed by atoms with Crippen molar-refractivity contribution in [1.29, 1.82) is 0 Å². The van der Waals surface area contributed by atoms with Gasteiger partial charge in [0.25, 0.3) is 0 Å². The smallest absolute Gasteiger partial charge is 0.315 e. The second-order valence-corrected chi connectivity index (χ2v) is 25.1. The number of hydrogen-bond acceptors (Lipinski definition) is 18. The number of hydrogen-bond donors (Lipinski definition) is 13. The zero-order valence-electron chi connectivity index (χ0n) is 53.7. The number of urea groups is 1. The standard InChI is InChI=1S/C63H91N17O14S/c1-38-57(86)71-44(17-12-21-68-62(65)66)51(82)31-40(29-39-13-4-3-5-14-39)58(87)73-46(30-41-33-79(2)50-18-7-6-15-43(41)50)60(89)74-48(35-81)61(90)72-45(56(64)85)16-10-11-23-80-34-42(77-78-80)32-47(59(88)69-38)70-54(84)36-94-28-27-93-26-25-92-24-22-67-53(83)20-9-8-19-52-55-49(37-95-52)75-63(91)76-55/h3-7,13-15,18,33-34,38,40,44-49,52,55,81H,8-12,16-17,19-32,35-37H2,1-2H3,(H2,64,85)(H,67,83)(H,69,88)(H,70,84)(H,71,86)(H,72,90)(H,73,87)(H,74,89)(H4,65,66,68)(H2,75,76,91)/t38-,40+,44-,45+,46+,47+,48-,49+,52+,55+/m1/s1. The van der Waals surface area contributed by atoms with E-state index in [1.165, 1.54) is 11.6 Å². The lowest BCUT2D eigenvalue weighted by Gasteiger charge is -2.26. The Morgan fingerprint density at radius 2 is 1.44 bits per heavy atom. The maximum absolute atomic E-state index is 14.9. The first kappa shape index (κ1) is 73.7. The zero-order chi connectivity index (χ0) is 68.2. The van der Waals surface area contributed by atoms with Crippen molar-refractivity contribution in [3.8, 4) is 0 Å². The third-order valence-electron chi connectivity index (χ3n) is 16.5. The lowest BCUT2D eigenvalue weighted by atomic mass is 9.89. The Morgan fingerprint density at radius 1 is 0.726 bits per heavy atom. The number of amides is 10. The van der Waals surface area contributed by atoms with Gasteiger partial charge in [-0.1, -0.05) is 60.2 Å². The summed E-state index contributed by atoms with van der Waals surface area (Å²) in [5.41, 5.74) is 19.4. The number of ether oxygens (including phenoxy) is 3. The van der Waals surface area contributed by atoms with E-state index in [1.807, 2.05) is 47.6 Å². The van der Waals surface area contributed by atoms with Crippen LogP contribution in [0.4, 0.5) is 4.79 Å². The van der Waals surface area contributed by atoms with Gasteiger partial charge in [-0.3, -0.25) is 52.8 Å². The fraction of sp³-hybridized carbons (Fsp3) is 0.571. The van der Waals surface area contributed by atoms with Crippen LogP contribution in [0.25, 0.3) is 10.9 Å². The Balaban J connectivity index is 0.995. The number of thioether (sulfide) groups is 1. The van der Waals surface area contributed by atoms with Crippen LogP contribution in [0.15, 0.2) is 72.0 Å². The van der Waals surface area contributed by atoms with Gasteiger partial charge in [0.1, 0.15) is 36.8 Å². The minimum Gasteiger partial charge on any atom is -0.394 e. The van der Waals surface area contributed by atoms with Crippen molar-refractivity contribution >= 4 is 87.7 Å². The summed E-state index contributed by atoms with van der Waals surface area (Å²) in [6.07, 6.45) is 6.40. The van der Waals surface area contributed by atoms with Crippen LogP contribution in [-0.2, 0) is 90.2 Å². The highest BCUT2D eigenvalue weighted by Crippen LogP contribution is 2.33. The number of aromatic nitrogens is 4. The number of aliphatic hydroxyl groups excluding tert-OH is 1. The third kappa shape index (κ3) is 23.9. The third-order valence-corrected chi connectivity index (χ3v) is 18.0. The van der Waals surface area contributed by atoms with Crippen LogP contribution in [0.3, 0.4) is 0 Å². The van der Waals surface area contributed by atoms with Crippen molar-refractivity contribution in [2.24, 2.45) is 35.2 Å². The molecule has 31 nitrogen and oxygen atoms in total. The Labute approximate surface area is 554 Å². The molecule has 2 bridgehead atoms. The number of nitrogens with two attached hydrogens (primary N) is 3. The molecule has 0 radical (unpaired) electrons. The first-order valence-corrected chi connectivity index (χ1v) is 33.2. The molecule has 10 amide bonds. The van der Waals surface area contributed by atoms with E-state index in [0.29, 0.717) is 42.2 Å². The van der Waals surface area contributed by atoms with Crippen molar-refractivity contribution in [3.63, 3.8) is 0 Å². The average molecular weight is 1340 g/mol. The number of carbonyl (C=O) groups excluding carboxylic acids is 10. The van der Waals surface area contributed by atoms with E-state index >= 15 is 0 Å². The number of aliphatic imine (C=N–C) groups is 1. The zero-order valence-corrected chi connectivity index (χ0v) is 54.5. The number of unbranched alkanes of at least 4 members (excludes halogenated alkanes) is 1. The highest BCUT2D eigenvalue weighted by Gasteiger charge is 2.43. The molecule has 518 valence electrons. The summed E-state index contributed by atoms with van der Waals surface area (Å²) in [5, 5.41) is 44.8. The number of rotatable bonds is 27. The van der Waals surface area contributed by atoms with Crippen LogP contribution in [0.5, 0.6) is 0 Å². The molecule has 0 unspecified atom stereocenters. The van der Waals surface area contributed by atoms with Crippen LogP contribution in [0, 0.1) is 5.92 Å². The quantitative estimate of drug-likeness (QED) is 0.0132. The summed E-state index contributed by atoms with van der Waals surface area (Å²) >= 11 is 1.85. The van der Waals surface area contributed by atoms with Crippen LogP contribution >= 0.6 is 11.8 Å². The fourth-order valence-electron chi connectivity index (χ4n) is 11.4. The lowest BCUT2D eigenvalue weighted by molar-refractivity contribution is -0.136. The summed E-state index contributed by atoms with van der Waals surface area (Å²) < 4.78 is 20.1. The number of ketones is 1. The molecule has 95 heavy (non-hydrogen) atoms. The monoisotopic (exact) mass is 1340 g/mol. The van der Waals surface area contributed by atoms with Crippen molar-refractivity contribution in [3.05, 3.63) is 83.8 Å². The molecule has 16 N–H and O–H groups in total. The van der Waals surface area contributed by atoms with Crippen LogP contribution in [0.2, 0.25) is 0 Å². The minimum absolute atomic E-state index is 0.000612. The second kappa shape index (κ2) is 38.0. The molecular formula is C63H91N17O14S. The van der Waals surface area contributed by atoms with Gasteiger partial charge >= 0.3 is 6.03 Å². The first-order chi connectivity index (χ1) is 45.7. The van der Waals surface area contributed by atoms with Gasteiger partial charge in [-0.15, -0.1) is 5.10 Å². The molecule has 2 aromatic heterocycles. The average Bonchev–Trinajstić information content (AvgIpc) is 1.70. The van der Waals surface area contributed by atoms with Gasteiger partial charge in [-0.05, 0) is 75.5 Å². The Bertz CT molecular complexity index is 3270. The summed E-state index contributed by atoms with van der Waals surface area (Å²) in [7, 11) is 1.82. The molecule has 2 fully saturated rings. The number of guanidine groups is 1. The number of para-hydroxylation sites is 1. The highest BCUT2D eigenvalue weighted by atomic mass is 32.2. The summed E-state index contributed by atoms with van der Waals surface area (Å²) in [5.74, 6) is -6.83. The molecule has 7 rings (SSSR count). The largest absolute Gasteiger partial charge is 0.394 e. The SMILES string of the molecule is C[C@H]1NC(=O)[C@@H](NC(=O)COCCOCCOCCNC(=O)CCCC[C@@H]2SC[C@@H]3NC(=O)N[C@@H]32)Cc2cn(nn2)CCCC[C@@H](C(N)=O)NC(=O)[C@@H](CO)NC(=O)[C@H](Cc2cn(C)c3ccccc23)NC(=O)[C@@H](Cc2ccccc2)CC(=O)[C@@H](CCCN=C(N)N)NC1=O. The Hall–Kier alpha value is -8.72. The molecule has 0 aliphatic carbocycles.